The highest BCUT2D eigenvalue weighted by molar-refractivity contribution is 5.53. The van der Waals surface area contributed by atoms with Gasteiger partial charge in [0.25, 0.3) is 0 Å². The first kappa shape index (κ1) is 9.31. The lowest BCUT2D eigenvalue weighted by atomic mass is 9.60. The lowest BCUT2D eigenvalue weighted by Gasteiger charge is -2.44. The molecule has 0 fully saturated rings. The van der Waals surface area contributed by atoms with Gasteiger partial charge in [-0.3, -0.25) is 0 Å². The molecule has 0 saturated heterocycles. The molecule has 0 heteroatoms. The van der Waals surface area contributed by atoms with Gasteiger partial charge in [0.2, 0.25) is 0 Å². The van der Waals surface area contributed by atoms with E-state index in [2.05, 4.69) is 33.9 Å². The minimum atomic E-state index is 0.276. The van der Waals surface area contributed by atoms with Gasteiger partial charge < -0.3 is 0 Å². The molecule has 0 aromatic heterocycles. The Balaban J connectivity index is 2.77. The Morgan fingerprint density at radius 1 is 1.42 bits per heavy atom. The van der Waals surface area contributed by atoms with Crippen molar-refractivity contribution in [3.05, 3.63) is 36.0 Å². The summed E-state index contributed by atoms with van der Waals surface area (Å²) in [7, 11) is 0. The summed E-state index contributed by atoms with van der Waals surface area (Å²) in [6, 6.07) is 0. The first-order chi connectivity index (χ1) is 5.54. The predicted molar refractivity (Wildman–Crippen MR) is 55.1 cm³/mol. The van der Waals surface area contributed by atoms with Crippen LogP contribution >= 0.6 is 0 Å². The Bertz CT molecular complexity index is 255. The number of hydrogen-bond acceptors (Lipinski definition) is 0. The van der Waals surface area contributed by atoms with Gasteiger partial charge in [-0.25, -0.2) is 0 Å². The Morgan fingerprint density at radius 3 is 2.42 bits per heavy atom. The van der Waals surface area contributed by atoms with Crippen molar-refractivity contribution in [1.82, 2.24) is 0 Å². The summed E-state index contributed by atoms with van der Waals surface area (Å²) in [5.41, 5.74) is 4.51. The molecule has 1 atom stereocenters. The van der Waals surface area contributed by atoms with Crippen LogP contribution in [-0.4, -0.2) is 0 Å². The van der Waals surface area contributed by atoms with E-state index in [1.807, 2.05) is 6.08 Å². The number of rotatable bonds is 3. The molecule has 0 bridgehead atoms. The minimum absolute atomic E-state index is 0.276. The van der Waals surface area contributed by atoms with Crippen LogP contribution in [0.2, 0.25) is 0 Å². The van der Waals surface area contributed by atoms with Crippen molar-refractivity contribution in [3.8, 4) is 0 Å². The third kappa shape index (κ3) is 1.06. The summed E-state index contributed by atoms with van der Waals surface area (Å²) in [5.74, 6) is 0. The van der Waals surface area contributed by atoms with E-state index < -0.39 is 0 Å². The molecule has 1 unspecified atom stereocenters. The van der Waals surface area contributed by atoms with E-state index >= 15 is 0 Å². The van der Waals surface area contributed by atoms with E-state index in [1.54, 1.807) is 0 Å². The molecule has 1 aliphatic rings. The molecule has 0 nitrogen and oxygen atoms in total. The zero-order valence-electron chi connectivity index (χ0n) is 8.41. The summed E-state index contributed by atoms with van der Waals surface area (Å²) < 4.78 is 0. The van der Waals surface area contributed by atoms with Crippen LogP contribution in [0, 0.1) is 5.41 Å². The minimum Gasteiger partial charge on any atom is -0.103 e. The monoisotopic (exact) mass is 162 g/mol. The molecule has 0 aromatic rings. The first-order valence-corrected chi connectivity index (χ1v) is 4.52. The predicted octanol–water partition coefficient (Wildman–Crippen LogP) is 3.87. The van der Waals surface area contributed by atoms with Crippen LogP contribution in [0.5, 0.6) is 0 Å². The molecule has 0 heterocycles. The Kier molecular flexibility index (Phi) is 2.27. The molecule has 0 N–H and O–H groups in total. The summed E-state index contributed by atoms with van der Waals surface area (Å²) in [6.45, 7) is 14.5. The maximum absolute atomic E-state index is 4.11. The van der Waals surface area contributed by atoms with Crippen LogP contribution in [-0.2, 0) is 0 Å². The second-order valence-corrected chi connectivity index (χ2v) is 3.89. The molecule has 1 rings (SSSR count). The lowest BCUT2D eigenvalue weighted by molar-refractivity contribution is 0.407. The second-order valence-electron chi connectivity index (χ2n) is 3.89. The maximum Gasteiger partial charge on any atom is 0.0136 e. The fraction of sp³-hybridized carbons (Fsp3) is 0.500. The quantitative estimate of drug-likeness (QED) is 0.553. The third-order valence-electron chi connectivity index (χ3n) is 3.36. The average molecular weight is 162 g/mol. The van der Waals surface area contributed by atoms with Crippen LogP contribution in [0.15, 0.2) is 36.0 Å². The van der Waals surface area contributed by atoms with Gasteiger partial charge in [-0.2, -0.15) is 0 Å². The van der Waals surface area contributed by atoms with Crippen LogP contribution in [0.1, 0.15) is 33.6 Å². The molecule has 12 heavy (non-hydrogen) atoms. The van der Waals surface area contributed by atoms with E-state index in [4.69, 9.17) is 0 Å². The van der Waals surface area contributed by atoms with E-state index in [1.165, 1.54) is 23.1 Å². The highest BCUT2D eigenvalue weighted by Crippen LogP contribution is 2.52. The van der Waals surface area contributed by atoms with Gasteiger partial charge in [0.1, 0.15) is 0 Å². The van der Waals surface area contributed by atoms with E-state index in [-0.39, 0.29) is 5.41 Å². The highest BCUT2D eigenvalue weighted by Gasteiger charge is 2.38. The molecule has 0 amide bonds. The molecule has 0 aliphatic heterocycles. The van der Waals surface area contributed by atoms with Crippen molar-refractivity contribution >= 4 is 0 Å². The van der Waals surface area contributed by atoms with Crippen molar-refractivity contribution in [2.45, 2.75) is 33.6 Å². The van der Waals surface area contributed by atoms with E-state index in [9.17, 15) is 0 Å². The van der Waals surface area contributed by atoms with Crippen molar-refractivity contribution in [2.75, 3.05) is 0 Å². The Morgan fingerprint density at radius 2 is 2.00 bits per heavy atom. The van der Waals surface area contributed by atoms with Crippen LogP contribution in [0.3, 0.4) is 0 Å². The topological polar surface area (TPSA) is 0 Å². The zero-order chi connectivity index (χ0) is 9.35. The van der Waals surface area contributed by atoms with Crippen molar-refractivity contribution in [1.29, 1.82) is 0 Å². The van der Waals surface area contributed by atoms with Crippen molar-refractivity contribution in [3.63, 3.8) is 0 Å². The highest BCUT2D eigenvalue weighted by atomic mass is 14.4. The van der Waals surface area contributed by atoms with Gasteiger partial charge in [-0.15, -0.1) is 6.58 Å². The standard InChI is InChI=1S/C12H18/c1-6-7-8-12(5)10(3)9(2)11(12)4/h6H,1,3,7-8H2,2,4-5H3. The van der Waals surface area contributed by atoms with Crippen LogP contribution in [0.25, 0.3) is 0 Å². The van der Waals surface area contributed by atoms with Crippen molar-refractivity contribution in [2.24, 2.45) is 5.41 Å². The number of allylic oxidation sites excluding steroid dienone is 4. The van der Waals surface area contributed by atoms with E-state index in [0.29, 0.717) is 0 Å². The fourth-order valence-corrected chi connectivity index (χ4v) is 1.95. The average Bonchev–Trinajstić information content (AvgIpc) is 2.11. The molecule has 0 aromatic carbocycles. The van der Waals surface area contributed by atoms with Gasteiger partial charge in [0.05, 0.1) is 0 Å². The first-order valence-electron chi connectivity index (χ1n) is 4.52. The summed E-state index contributed by atoms with van der Waals surface area (Å²) in [4.78, 5) is 0. The normalized spacial score (nSPS) is 28.8. The molecule has 0 radical (unpaired) electrons. The lowest BCUT2D eigenvalue weighted by Crippen LogP contribution is -2.30. The largest absolute Gasteiger partial charge is 0.103 e. The van der Waals surface area contributed by atoms with Gasteiger partial charge in [0, 0.05) is 5.41 Å². The SMILES string of the molecule is C=CCCC1(C)C(=C)C(C)=C1C. The summed E-state index contributed by atoms with van der Waals surface area (Å²) in [6.07, 6.45) is 4.23. The second kappa shape index (κ2) is 2.93. The Hall–Kier alpha value is -0.780. The molecule has 0 spiro atoms. The summed E-state index contributed by atoms with van der Waals surface area (Å²) in [5, 5.41) is 0. The zero-order valence-corrected chi connectivity index (χ0v) is 8.41. The Labute approximate surface area is 75.7 Å². The third-order valence-corrected chi connectivity index (χ3v) is 3.36. The fourth-order valence-electron chi connectivity index (χ4n) is 1.95. The molecule has 66 valence electrons. The number of hydrogen-bond donors (Lipinski definition) is 0. The van der Waals surface area contributed by atoms with Crippen LogP contribution in [0.4, 0.5) is 0 Å². The molecule has 1 aliphatic carbocycles. The molecule has 0 saturated carbocycles. The summed E-state index contributed by atoms with van der Waals surface area (Å²) >= 11 is 0. The van der Waals surface area contributed by atoms with Crippen LogP contribution < -0.4 is 0 Å². The molecular formula is C12H18. The van der Waals surface area contributed by atoms with Gasteiger partial charge in [-0.1, -0.05) is 25.2 Å². The van der Waals surface area contributed by atoms with Gasteiger partial charge in [0.15, 0.2) is 0 Å². The van der Waals surface area contributed by atoms with E-state index in [0.717, 1.165) is 6.42 Å². The smallest absolute Gasteiger partial charge is 0.0136 e. The van der Waals surface area contributed by atoms with Gasteiger partial charge in [-0.05, 0) is 37.8 Å². The van der Waals surface area contributed by atoms with Crippen molar-refractivity contribution < 1.29 is 0 Å². The molecular weight excluding hydrogens is 144 g/mol. The van der Waals surface area contributed by atoms with Gasteiger partial charge >= 0.3 is 0 Å². The maximum atomic E-state index is 4.11.